The Morgan fingerprint density at radius 2 is 2.05 bits per heavy atom. The minimum Gasteiger partial charge on any atom is -0.344 e. The van der Waals surface area contributed by atoms with Crippen LogP contribution in [0.25, 0.3) is 22.2 Å². The highest BCUT2D eigenvalue weighted by atomic mass is 19.1. The Hall–Kier alpha value is -2.49. The predicted octanol–water partition coefficient (Wildman–Crippen LogP) is 4.24. The summed E-state index contributed by atoms with van der Waals surface area (Å²) >= 11 is 0. The van der Waals surface area contributed by atoms with Gasteiger partial charge >= 0.3 is 0 Å². The molecule has 0 atom stereocenters. The highest BCUT2D eigenvalue weighted by Gasteiger charge is 2.15. The number of halogens is 1. The van der Waals surface area contributed by atoms with Crippen LogP contribution in [0.4, 0.5) is 4.39 Å². The Labute approximate surface area is 122 Å². The second kappa shape index (κ2) is 5.13. The molecule has 0 fully saturated rings. The van der Waals surface area contributed by atoms with Gasteiger partial charge in [0.2, 0.25) is 0 Å². The maximum absolute atomic E-state index is 13.0. The van der Waals surface area contributed by atoms with Crippen LogP contribution in [-0.2, 0) is 0 Å². The summed E-state index contributed by atoms with van der Waals surface area (Å²) in [6.45, 7) is 4.13. The smallest absolute Gasteiger partial charge is 0.152 e. The van der Waals surface area contributed by atoms with Crippen molar-refractivity contribution in [1.82, 2.24) is 9.55 Å². The molecule has 3 rings (SSSR count). The van der Waals surface area contributed by atoms with Crippen molar-refractivity contribution in [3.05, 3.63) is 54.1 Å². The number of aromatic nitrogens is 2. The quantitative estimate of drug-likeness (QED) is 0.674. The van der Waals surface area contributed by atoms with Crippen molar-refractivity contribution in [2.24, 2.45) is 0 Å². The molecule has 0 spiro atoms. The molecule has 0 amide bonds. The van der Waals surface area contributed by atoms with Gasteiger partial charge in [-0.1, -0.05) is 12.1 Å². The number of carbonyl (C=O) groups excluding carboxylic acids is 1. The summed E-state index contributed by atoms with van der Waals surface area (Å²) in [5, 5.41) is 0.861. The molecule has 106 valence electrons. The van der Waals surface area contributed by atoms with Crippen LogP contribution >= 0.6 is 0 Å². The van der Waals surface area contributed by atoms with Gasteiger partial charge < -0.3 is 4.57 Å². The molecular formula is C17H15FN2O. The van der Waals surface area contributed by atoms with Crippen LogP contribution in [0, 0.1) is 5.82 Å². The van der Waals surface area contributed by atoms with E-state index < -0.39 is 0 Å². The number of carbonyl (C=O) groups is 1. The largest absolute Gasteiger partial charge is 0.344 e. The molecule has 4 heteroatoms. The Morgan fingerprint density at radius 3 is 2.67 bits per heavy atom. The molecule has 0 aliphatic rings. The molecule has 0 saturated heterocycles. The molecular weight excluding hydrogens is 267 g/mol. The van der Waals surface area contributed by atoms with Crippen molar-refractivity contribution in [3.63, 3.8) is 0 Å². The predicted molar refractivity (Wildman–Crippen MR) is 80.9 cm³/mol. The highest BCUT2D eigenvalue weighted by molar-refractivity contribution is 6.05. The molecule has 2 heterocycles. The molecule has 0 aliphatic carbocycles. The van der Waals surface area contributed by atoms with E-state index in [0.717, 1.165) is 22.8 Å². The lowest BCUT2D eigenvalue weighted by Crippen LogP contribution is -1.98. The lowest BCUT2D eigenvalue weighted by molar-refractivity contribution is 0.112. The van der Waals surface area contributed by atoms with Crippen LogP contribution in [0.15, 0.2) is 42.7 Å². The SMILES string of the molecule is CC(C)n1cc(C=O)c2c(-c3ccc(F)cn3)cccc21. The Bertz CT molecular complexity index is 804. The molecule has 0 N–H and O–H groups in total. The zero-order chi connectivity index (χ0) is 15.0. The minimum atomic E-state index is -0.374. The molecule has 0 aliphatic heterocycles. The molecule has 2 aromatic heterocycles. The van der Waals surface area contributed by atoms with Crippen molar-refractivity contribution in [3.8, 4) is 11.3 Å². The van der Waals surface area contributed by atoms with E-state index in [0.29, 0.717) is 11.3 Å². The van der Waals surface area contributed by atoms with Crippen molar-refractivity contribution in [1.29, 1.82) is 0 Å². The molecule has 0 unspecified atom stereocenters. The van der Waals surface area contributed by atoms with E-state index in [-0.39, 0.29) is 11.9 Å². The van der Waals surface area contributed by atoms with Crippen LogP contribution in [0.2, 0.25) is 0 Å². The third kappa shape index (κ3) is 2.23. The van der Waals surface area contributed by atoms with Gasteiger partial charge in [0.05, 0.1) is 11.9 Å². The van der Waals surface area contributed by atoms with Gasteiger partial charge in [-0.2, -0.15) is 0 Å². The van der Waals surface area contributed by atoms with Gasteiger partial charge in [0.25, 0.3) is 0 Å². The van der Waals surface area contributed by atoms with Gasteiger partial charge in [0.1, 0.15) is 5.82 Å². The van der Waals surface area contributed by atoms with Crippen LogP contribution < -0.4 is 0 Å². The monoisotopic (exact) mass is 282 g/mol. The Morgan fingerprint density at radius 1 is 1.24 bits per heavy atom. The molecule has 0 saturated carbocycles. The van der Waals surface area contributed by atoms with E-state index >= 15 is 0 Å². The first-order chi connectivity index (χ1) is 10.1. The number of nitrogens with zero attached hydrogens (tertiary/aromatic N) is 2. The van der Waals surface area contributed by atoms with Crippen LogP contribution in [0.3, 0.4) is 0 Å². The third-order valence-corrected chi connectivity index (χ3v) is 3.57. The van der Waals surface area contributed by atoms with E-state index in [2.05, 4.69) is 23.4 Å². The topological polar surface area (TPSA) is 34.9 Å². The summed E-state index contributed by atoms with van der Waals surface area (Å²) in [6, 6.07) is 9.07. The lowest BCUT2D eigenvalue weighted by Gasteiger charge is -2.10. The fraction of sp³-hybridized carbons (Fsp3) is 0.176. The van der Waals surface area contributed by atoms with Gasteiger partial charge in [-0.15, -0.1) is 0 Å². The van der Waals surface area contributed by atoms with E-state index in [1.807, 2.05) is 24.4 Å². The number of aldehydes is 1. The summed E-state index contributed by atoms with van der Waals surface area (Å²) < 4.78 is 15.1. The number of pyridine rings is 1. The van der Waals surface area contributed by atoms with Crippen LogP contribution in [0.5, 0.6) is 0 Å². The maximum atomic E-state index is 13.0. The molecule has 1 aromatic carbocycles. The minimum absolute atomic E-state index is 0.248. The van der Waals surface area contributed by atoms with Crippen molar-refractivity contribution >= 4 is 17.2 Å². The number of rotatable bonds is 3. The molecule has 21 heavy (non-hydrogen) atoms. The number of fused-ring (bicyclic) bond motifs is 1. The van der Waals surface area contributed by atoms with Crippen molar-refractivity contribution in [2.45, 2.75) is 19.9 Å². The lowest BCUT2D eigenvalue weighted by atomic mass is 10.0. The van der Waals surface area contributed by atoms with E-state index in [9.17, 15) is 9.18 Å². The van der Waals surface area contributed by atoms with Crippen LogP contribution in [0.1, 0.15) is 30.2 Å². The molecule has 3 nitrogen and oxygen atoms in total. The fourth-order valence-electron chi connectivity index (χ4n) is 2.61. The molecule has 0 radical (unpaired) electrons. The number of hydrogen-bond donors (Lipinski definition) is 0. The summed E-state index contributed by atoms with van der Waals surface area (Å²) in [6.07, 6.45) is 3.90. The molecule has 0 bridgehead atoms. The summed E-state index contributed by atoms with van der Waals surface area (Å²) in [5.74, 6) is -0.374. The summed E-state index contributed by atoms with van der Waals surface area (Å²) in [7, 11) is 0. The summed E-state index contributed by atoms with van der Waals surface area (Å²) in [5.41, 5.74) is 3.11. The Balaban J connectivity index is 2.33. The van der Waals surface area contributed by atoms with E-state index in [1.165, 1.54) is 12.3 Å². The normalized spacial score (nSPS) is 11.2. The first kappa shape index (κ1) is 13.5. The Kier molecular flexibility index (Phi) is 3.29. The van der Waals surface area contributed by atoms with Gasteiger partial charge in [0.15, 0.2) is 6.29 Å². The average molecular weight is 282 g/mol. The zero-order valence-electron chi connectivity index (χ0n) is 11.9. The second-order valence-corrected chi connectivity index (χ2v) is 5.26. The maximum Gasteiger partial charge on any atom is 0.152 e. The average Bonchev–Trinajstić information content (AvgIpc) is 2.87. The van der Waals surface area contributed by atoms with Gasteiger partial charge in [0, 0.05) is 34.3 Å². The molecule has 3 aromatic rings. The first-order valence-corrected chi connectivity index (χ1v) is 6.82. The van der Waals surface area contributed by atoms with Crippen LogP contribution in [-0.4, -0.2) is 15.8 Å². The zero-order valence-corrected chi connectivity index (χ0v) is 11.9. The van der Waals surface area contributed by atoms with Gasteiger partial charge in [-0.25, -0.2) is 4.39 Å². The summed E-state index contributed by atoms with van der Waals surface area (Å²) in [4.78, 5) is 15.5. The third-order valence-electron chi connectivity index (χ3n) is 3.57. The fourth-order valence-corrected chi connectivity index (χ4v) is 2.61. The number of benzene rings is 1. The van der Waals surface area contributed by atoms with Gasteiger partial charge in [-0.3, -0.25) is 9.78 Å². The van der Waals surface area contributed by atoms with Gasteiger partial charge in [-0.05, 0) is 32.0 Å². The van der Waals surface area contributed by atoms with E-state index in [4.69, 9.17) is 0 Å². The van der Waals surface area contributed by atoms with Crippen molar-refractivity contribution < 1.29 is 9.18 Å². The van der Waals surface area contributed by atoms with Crippen molar-refractivity contribution in [2.75, 3.05) is 0 Å². The second-order valence-electron chi connectivity index (χ2n) is 5.26. The number of hydrogen-bond acceptors (Lipinski definition) is 2. The first-order valence-electron chi connectivity index (χ1n) is 6.82. The van der Waals surface area contributed by atoms with E-state index in [1.54, 1.807) is 6.07 Å². The standard InChI is InChI=1S/C17H15FN2O/c1-11(2)20-9-12(10-21)17-14(4-3-5-16(17)20)15-7-6-13(18)8-19-15/h3-11H,1-2H3. The highest BCUT2D eigenvalue weighted by Crippen LogP contribution is 2.32.